The highest BCUT2D eigenvalue weighted by Crippen LogP contribution is 2.25. The number of amides is 1. The van der Waals surface area contributed by atoms with Crippen LogP contribution in [0.5, 0.6) is 0 Å². The Hall–Kier alpha value is -2.67. The molecule has 3 rings (SSSR count). The van der Waals surface area contributed by atoms with E-state index in [0.29, 0.717) is 22.4 Å². The Balaban J connectivity index is 1.67. The number of carbonyl (C=O) groups excluding carboxylic acids is 1. The van der Waals surface area contributed by atoms with Gasteiger partial charge in [0.25, 0.3) is 5.91 Å². The molecule has 0 aliphatic carbocycles. The minimum Gasteiger partial charge on any atom is -0.359 e. The summed E-state index contributed by atoms with van der Waals surface area (Å²) in [5.74, 6) is 0.777. The number of nitrogens with zero attached hydrogens (tertiary/aromatic N) is 2. The van der Waals surface area contributed by atoms with Gasteiger partial charge in [-0.1, -0.05) is 44.1 Å². The summed E-state index contributed by atoms with van der Waals surface area (Å²) < 4.78 is 5.26. The highest BCUT2D eigenvalue weighted by Gasteiger charge is 2.21. The molecule has 6 nitrogen and oxygen atoms in total. The van der Waals surface area contributed by atoms with E-state index in [-0.39, 0.29) is 11.3 Å². The van der Waals surface area contributed by atoms with E-state index in [0.717, 1.165) is 5.69 Å². The Morgan fingerprint density at radius 2 is 1.96 bits per heavy atom. The van der Waals surface area contributed by atoms with Crippen LogP contribution in [-0.2, 0) is 5.41 Å². The Morgan fingerprint density at radius 3 is 2.62 bits per heavy atom. The van der Waals surface area contributed by atoms with Gasteiger partial charge >= 0.3 is 0 Å². The highest BCUT2D eigenvalue weighted by molar-refractivity contribution is 7.14. The number of nitrogens with one attached hydrogen (secondary N) is 2. The zero-order valence-corrected chi connectivity index (χ0v) is 14.5. The van der Waals surface area contributed by atoms with Crippen LogP contribution >= 0.6 is 11.3 Å². The molecule has 124 valence electrons. The third kappa shape index (κ3) is 3.80. The molecule has 7 heteroatoms. The SMILES string of the molecule is CC(C)(C)c1cc(NC(=O)c2csc(Nc3ccccc3)n2)no1. The maximum atomic E-state index is 12.3. The number of aromatic nitrogens is 2. The van der Waals surface area contributed by atoms with Gasteiger partial charge in [-0.05, 0) is 12.1 Å². The van der Waals surface area contributed by atoms with Crippen molar-refractivity contribution in [3.05, 3.63) is 53.2 Å². The van der Waals surface area contributed by atoms with E-state index in [2.05, 4.69) is 20.8 Å². The van der Waals surface area contributed by atoms with Crippen molar-refractivity contribution in [2.45, 2.75) is 26.2 Å². The van der Waals surface area contributed by atoms with Crippen molar-refractivity contribution in [2.24, 2.45) is 0 Å². The standard InChI is InChI=1S/C17H18N4O2S/c1-17(2,3)13-9-14(21-23-13)20-15(22)12-10-24-16(19-12)18-11-7-5-4-6-8-11/h4-10H,1-3H3,(H,18,19)(H,20,21,22). The normalized spacial score (nSPS) is 11.3. The molecular formula is C17H18N4O2S. The van der Waals surface area contributed by atoms with Crippen molar-refractivity contribution in [3.63, 3.8) is 0 Å². The van der Waals surface area contributed by atoms with Crippen molar-refractivity contribution >= 4 is 33.9 Å². The summed E-state index contributed by atoms with van der Waals surface area (Å²) in [4.78, 5) is 16.6. The van der Waals surface area contributed by atoms with E-state index < -0.39 is 0 Å². The van der Waals surface area contributed by atoms with Gasteiger partial charge in [0.2, 0.25) is 0 Å². The molecule has 0 saturated heterocycles. The minimum absolute atomic E-state index is 0.163. The molecule has 24 heavy (non-hydrogen) atoms. The second-order valence-electron chi connectivity index (χ2n) is 6.31. The molecule has 0 saturated carbocycles. The first-order valence-electron chi connectivity index (χ1n) is 7.48. The molecule has 2 N–H and O–H groups in total. The number of carbonyl (C=O) groups is 1. The topological polar surface area (TPSA) is 80.0 Å². The van der Waals surface area contributed by atoms with Crippen LogP contribution in [0.4, 0.5) is 16.6 Å². The van der Waals surface area contributed by atoms with Crippen molar-refractivity contribution in [2.75, 3.05) is 10.6 Å². The van der Waals surface area contributed by atoms with Crippen LogP contribution in [0.15, 0.2) is 46.3 Å². The number of hydrogen-bond acceptors (Lipinski definition) is 6. The lowest BCUT2D eigenvalue weighted by atomic mass is 9.93. The van der Waals surface area contributed by atoms with E-state index in [1.54, 1.807) is 11.4 Å². The predicted molar refractivity (Wildman–Crippen MR) is 95.0 cm³/mol. The van der Waals surface area contributed by atoms with Crippen LogP contribution in [0.25, 0.3) is 0 Å². The zero-order valence-electron chi connectivity index (χ0n) is 13.7. The average molecular weight is 342 g/mol. The molecule has 0 aliphatic rings. The summed E-state index contributed by atoms with van der Waals surface area (Å²) in [5.41, 5.74) is 1.09. The lowest BCUT2D eigenvalue weighted by molar-refractivity contribution is 0.102. The van der Waals surface area contributed by atoms with Gasteiger partial charge in [-0.25, -0.2) is 4.98 Å². The van der Waals surface area contributed by atoms with Crippen LogP contribution in [-0.4, -0.2) is 16.0 Å². The van der Waals surface area contributed by atoms with Gasteiger partial charge in [-0.3, -0.25) is 4.79 Å². The van der Waals surface area contributed by atoms with Crippen molar-refractivity contribution in [1.29, 1.82) is 0 Å². The molecule has 2 heterocycles. The van der Waals surface area contributed by atoms with E-state index in [1.165, 1.54) is 11.3 Å². The third-order valence-electron chi connectivity index (χ3n) is 3.25. The molecule has 0 atom stereocenters. The lowest BCUT2D eigenvalue weighted by Crippen LogP contribution is -2.13. The maximum absolute atomic E-state index is 12.3. The van der Waals surface area contributed by atoms with Crippen LogP contribution in [0, 0.1) is 0 Å². The highest BCUT2D eigenvalue weighted by atomic mass is 32.1. The van der Waals surface area contributed by atoms with E-state index in [9.17, 15) is 4.79 Å². The predicted octanol–water partition coefficient (Wildman–Crippen LogP) is 4.42. The van der Waals surface area contributed by atoms with Crippen molar-refractivity contribution in [3.8, 4) is 0 Å². The van der Waals surface area contributed by atoms with Crippen LogP contribution in [0.2, 0.25) is 0 Å². The molecule has 0 aliphatic heterocycles. The fraction of sp³-hybridized carbons (Fsp3) is 0.235. The summed E-state index contributed by atoms with van der Waals surface area (Å²) in [7, 11) is 0. The summed E-state index contributed by atoms with van der Waals surface area (Å²) in [6.07, 6.45) is 0. The second-order valence-corrected chi connectivity index (χ2v) is 7.17. The molecule has 0 bridgehead atoms. The van der Waals surface area contributed by atoms with Gasteiger partial charge in [0, 0.05) is 22.5 Å². The van der Waals surface area contributed by atoms with Crippen LogP contribution in [0.1, 0.15) is 37.0 Å². The number of anilines is 3. The van der Waals surface area contributed by atoms with Gasteiger partial charge < -0.3 is 15.2 Å². The Labute approximate surface area is 143 Å². The van der Waals surface area contributed by atoms with Gasteiger partial charge in [0.15, 0.2) is 10.9 Å². The number of rotatable bonds is 4. The smallest absolute Gasteiger partial charge is 0.276 e. The maximum Gasteiger partial charge on any atom is 0.276 e. The molecule has 1 aromatic carbocycles. The Morgan fingerprint density at radius 1 is 1.21 bits per heavy atom. The molecule has 0 unspecified atom stereocenters. The van der Waals surface area contributed by atoms with Gasteiger partial charge in [0.1, 0.15) is 11.5 Å². The fourth-order valence-electron chi connectivity index (χ4n) is 1.95. The fourth-order valence-corrected chi connectivity index (χ4v) is 2.66. The monoisotopic (exact) mass is 342 g/mol. The van der Waals surface area contributed by atoms with E-state index >= 15 is 0 Å². The number of thiazole rings is 1. The van der Waals surface area contributed by atoms with Gasteiger partial charge in [-0.2, -0.15) is 0 Å². The minimum atomic E-state index is -0.318. The van der Waals surface area contributed by atoms with Crippen molar-refractivity contribution < 1.29 is 9.32 Å². The molecule has 1 amide bonds. The van der Waals surface area contributed by atoms with Gasteiger partial charge in [0.05, 0.1) is 0 Å². The molecule has 0 spiro atoms. The number of benzene rings is 1. The molecular weight excluding hydrogens is 324 g/mol. The third-order valence-corrected chi connectivity index (χ3v) is 4.01. The van der Waals surface area contributed by atoms with E-state index in [4.69, 9.17) is 4.52 Å². The Kier molecular flexibility index (Phi) is 4.35. The lowest BCUT2D eigenvalue weighted by Gasteiger charge is -2.11. The molecule has 2 aromatic heterocycles. The summed E-state index contributed by atoms with van der Waals surface area (Å²) in [6.45, 7) is 6.04. The molecule has 0 radical (unpaired) electrons. The van der Waals surface area contributed by atoms with Crippen LogP contribution < -0.4 is 10.6 Å². The second kappa shape index (κ2) is 6.45. The largest absolute Gasteiger partial charge is 0.359 e. The zero-order chi connectivity index (χ0) is 17.2. The summed E-state index contributed by atoms with van der Waals surface area (Å²) >= 11 is 1.37. The first-order valence-corrected chi connectivity index (χ1v) is 8.36. The van der Waals surface area contributed by atoms with E-state index in [1.807, 2.05) is 51.1 Å². The first-order chi connectivity index (χ1) is 11.4. The number of para-hydroxylation sites is 1. The van der Waals surface area contributed by atoms with Gasteiger partial charge in [-0.15, -0.1) is 11.3 Å². The molecule has 0 fully saturated rings. The first kappa shape index (κ1) is 16.2. The van der Waals surface area contributed by atoms with Crippen molar-refractivity contribution in [1.82, 2.24) is 10.1 Å². The quantitative estimate of drug-likeness (QED) is 0.733. The average Bonchev–Trinajstić information content (AvgIpc) is 3.17. The molecule has 3 aromatic rings. The number of hydrogen-bond donors (Lipinski definition) is 2. The van der Waals surface area contributed by atoms with Crippen LogP contribution in [0.3, 0.4) is 0 Å². The Bertz CT molecular complexity index is 834. The summed E-state index contributed by atoms with van der Waals surface area (Å²) in [6, 6.07) is 11.4. The summed E-state index contributed by atoms with van der Waals surface area (Å²) in [5, 5.41) is 12.1.